The maximum Gasteiger partial charge on any atom is 0.267 e. The maximum absolute atomic E-state index is 11.7. The summed E-state index contributed by atoms with van der Waals surface area (Å²) in [6.07, 6.45) is 12.0. The molecule has 1 aliphatic carbocycles. The third kappa shape index (κ3) is 4.65. The first-order valence-corrected chi connectivity index (χ1v) is 8.70. The number of nitrogens with two attached hydrogens (primary N) is 1. The number of primary amides is 1. The molecular formula is C18H24N6O. The number of aromatic amines is 1. The largest absolute Gasteiger partial charge is 0.364 e. The van der Waals surface area contributed by atoms with Crippen LogP contribution in [0.4, 0.5) is 5.82 Å². The predicted molar refractivity (Wildman–Crippen MR) is 96.2 cm³/mol. The molecule has 1 amide bonds. The van der Waals surface area contributed by atoms with Crippen molar-refractivity contribution in [2.24, 2.45) is 5.73 Å². The molecular weight excluding hydrogens is 316 g/mol. The molecule has 132 valence electrons. The molecule has 0 radical (unpaired) electrons. The van der Waals surface area contributed by atoms with Gasteiger partial charge < -0.3 is 10.6 Å². The van der Waals surface area contributed by atoms with Gasteiger partial charge in [0, 0.05) is 36.8 Å². The van der Waals surface area contributed by atoms with Crippen LogP contribution in [0, 0.1) is 0 Å². The van der Waals surface area contributed by atoms with E-state index in [0.717, 1.165) is 49.4 Å². The van der Waals surface area contributed by atoms with Gasteiger partial charge in [-0.1, -0.05) is 12.2 Å². The number of amides is 1. The van der Waals surface area contributed by atoms with Crippen molar-refractivity contribution in [2.75, 3.05) is 11.4 Å². The molecule has 0 aliphatic heterocycles. The van der Waals surface area contributed by atoms with E-state index in [1.54, 1.807) is 12.3 Å². The van der Waals surface area contributed by atoms with E-state index >= 15 is 0 Å². The van der Waals surface area contributed by atoms with Gasteiger partial charge >= 0.3 is 0 Å². The number of aromatic nitrogens is 4. The van der Waals surface area contributed by atoms with Crippen LogP contribution in [0.1, 0.15) is 60.4 Å². The van der Waals surface area contributed by atoms with Crippen molar-refractivity contribution in [3.05, 3.63) is 47.7 Å². The Morgan fingerprint density at radius 1 is 1.44 bits per heavy atom. The van der Waals surface area contributed by atoms with Crippen molar-refractivity contribution in [1.82, 2.24) is 20.2 Å². The summed E-state index contributed by atoms with van der Waals surface area (Å²) in [5, 5.41) is 6.85. The van der Waals surface area contributed by atoms with Crippen molar-refractivity contribution in [1.29, 1.82) is 0 Å². The van der Waals surface area contributed by atoms with Gasteiger partial charge in [-0.05, 0) is 32.6 Å². The molecule has 1 fully saturated rings. The average molecular weight is 340 g/mol. The van der Waals surface area contributed by atoms with Gasteiger partial charge in [0.1, 0.15) is 17.3 Å². The predicted octanol–water partition coefficient (Wildman–Crippen LogP) is 2.54. The van der Waals surface area contributed by atoms with Crippen LogP contribution in [0.15, 0.2) is 30.6 Å². The normalized spacial score (nSPS) is 14.1. The van der Waals surface area contributed by atoms with Crippen LogP contribution >= 0.6 is 0 Å². The third-order valence-corrected chi connectivity index (χ3v) is 4.21. The molecule has 0 unspecified atom stereocenters. The number of carbonyl (C=O) groups excluding carboxylic acids is 1. The number of nitrogens with one attached hydrogen (secondary N) is 1. The Hall–Kier alpha value is -2.70. The first-order chi connectivity index (χ1) is 12.2. The van der Waals surface area contributed by atoms with Crippen molar-refractivity contribution in [3.63, 3.8) is 0 Å². The quantitative estimate of drug-likeness (QED) is 0.539. The van der Waals surface area contributed by atoms with Crippen molar-refractivity contribution < 1.29 is 4.79 Å². The van der Waals surface area contributed by atoms with Gasteiger partial charge in [-0.2, -0.15) is 5.10 Å². The molecule has 7 nitrogen and oxygen atoms in total. The third-order valence-electron chi connectivity index (χ3n) is 4.21. The van der Waals surface area contributed by atoms with Crippen molar-refractivity contribution in [2.45, 2.75) is 45.1 Å². The second kappa shape index (κ2) is 7.92. The number of unbranched alkanes of at least 4 members (excludes halogenated alkanes) is 1. The highest BCUT2D eigenvalue weighted by atomic mass is 16.1. The fourth-order valence-electron chi connectivity index (χ4n) is 2.69. The minimum Gasteiger partial charge on any atom is -0.364 e. The minimum absolute atomic E-state index is 0.289. The Balaban J connectivity index is 1.86. The summed E-state index contributed by atoms with van der Waals surface area (Å²) in [6.45, 7) is 3.52. The standard InChI is InChI=1S/C18H24N6O/c1-2-3-4-5-8-24(12-13-10-20-21-11-13)16-9-15(17(19)25)22-18(23-16)14-6-7-14/h2-3,9-11,14H,4-8,12H2,1H3,(H2,19,25)(H,20,21)/b3-2+. The average Bonchev–Trinajstić information content (AvgIpc) is 3.34. The van der Waals surface area contributed by atoms with E-state index in [1.165, 1.54) is 0 Å². The van der Waals surface area contributed by atoms with Crippen LogP contribution in [-0.4, -0.2) is 32.6 Å². The summed E-state index contributed by atoms with van der Waals surface area (Å²) in [6, 6.07) is 1.70. The first-order valence-electron chi connectivity index (χ1n) is 8.70. The zero-order chi connectivity index (χ0) is 17.6. The molecule has 3 N–H and O–H groups in total. The van der Waals surface area contributed by atoms with Gasteiger partial charge in [0.2, 0.25) is 0 Å². The number of nitrogens with zero attached hydrogens (tertiary/aromatic N) is 4. The monoisotopic (exact) mass is 340 g/mol. The van der Waals surface area contributed by atoms with Crippen LogP contribution in [0.3, 0.4) is 0 Å². The zero-order valence-electron chi connectivity index (χ0n) is 14.5. The number of H-pyrrole nitrogens is 1. The lowest BCUT2D eigenvalue weighted by molar-refractivity contribution is 0.0995. The maximum atomic E-state index is 11.7. The van der Waals surface area contributed by atoms with E-state index in [0.29, 0.717) is 12.5 Å². The molecule has 25 heavy (non-hydrogen) atoms. The van der Waals surface area contributed by atoms with E-state index in [2.05, 4.69) is 32.2 Å². The zero-order valence-corrected chi connectivity index (χ0v) is 14.5. The summed E-state index contributed by atoms with van der Waals surface area (Å²) in [4.78, 5) is 22.9. The lowest BCUT2D eigenvalue weighted by atomic mass is 10.2. The summed E-state index contributed by atoms with van der Waals surface area (Å²) >= 11 is 0. The van der Waals surface area contributed by atoms with Crippen LogP contribution in [-0.2, 0) is 6.54 Å². The molecule has 1 saturated carbocycles. The molecule has 1 aliphatic rings. The SMILES string of the molecule is C/C=C/CCCN(Cc1cn[nH]c1)c1cc(C(N)=O)nc(C2CC2)n1. The Morgan fingerprint density at radius 2 is 2.28 bits per heavy atom. The number of carbonyl (C=O) groups is 1. The molecule has 7 heteroatoms. The molecule has 0 spiro atoms. The summed E-state index contributed by atoms with van der Waals surface area (Å²) < 4.78 is 0. The minimum atomic E-state index is -0.511. The summed E-state index contributed by atoms with van der Waals surface area (Å²) in [5.74, 6) is 1.34. The van der Waals surface area contributed by atoms with Gasteiger partial charge in [0.25, 0.3) is 5.91 Å². The number of rotatable bonds is 9. The first kappa shape index (κ1) is 17.1. The Morgan fingerprint density at radius 3 is 2.92 bits per heavy atom. The number of hydrogen-bond donors (Lipinski definition) is 2. The molecule has 3 rings (SSSR count). The van der Waals surface area contributed by atoms with Crippen LogP contribution < -0.4 is 10.6 Å². The second-order valence-electron chi connectivity index (χ2n) is 6.35. The van der Waals surface area contributed by atoms with E-state index in [-0.39, 0.29) is 5.69 Å². The fraction of sp³-hybridized carbons (Fsp3) is 0.444. The van der Waals surface area contributed by atoms with E-state index in [4.69, 9.17) is 10.7 Å². The number of allylic oxidation sites excluding steroid dienone is 2. The van der Waals surface area contributed by atoms with E-state index < -0.39 is 5.91 Å². The van der Waals surface area contributed by atoms with Crippen molar-refractivity contribution in [3.8, 4) is 0 Å². The van der Waals surface area contributed by atoms with Gasteiger partial charge in [-0.3, -0.25) is 9.89 Å². The molecule has 0 saturated heterocycles. The molecule has 2 aromatic rings. The highest BCUT2D eigenvalue weighted by molar-refractivity contribution is 5.91. The highest BCUT2D eigenvalue weighted by Gasteiger charge is 2.28. The summed E-state index contributed by atoms with van der Waals surface area (Å²) in [7, 11) is 0. The van der Waals surface area contributed by atoms with Gasteiger partial charge in [-0.15, -0.1) is 0 Å². The second-order valence-corrected chi connectivity index (χ2v) is 6.35. The smallest absolute Gasteiger partial charge is 0.267 e. The lowest BCUT2D eigenvalue weighted by Crippen LogP contribution is -2.26. The molecule has 2 aromatic heterocycles. The summed E-state index contributed by atoms with van der Waals surface area (Å²) in [5.41, 5.74) is 6.83. The molecule has 0 bridgehead atoms. The lowest BCUT2D eigenvalue weighted by Gasteiger charge is -2.24. The van der Waals surface area contributed by atoms with Gasteiger partial charge in [0.05, 0.1) is 6.20 Å². The molecule has 2 heterocycles. The fourth-order valence-corrected chi connectivity index (χ4v) is 2.69. The highest BCUT2D eigenvalue weighted by Crippen LogP contribution is 2.38. The van der Waals surface area contributed by atoms with E-state index in [9.17, 15) is 4.79 Å². The van der Waals surface area contributed by atoms with Crippen molar-refractivity contribution >= 4 is 11.7 Å². The van der Waals surface area contributed by atoms with Gasteiger partial charge in [0.15, 0.2) is 0 Å². The van der Waals surface area contributed by atoms with Gasteiger partial charge in [-0.25, -0.2) is 9.97 Å². The van der Waals surface area contributed by atoms with E-state index in [1.807, 2.05) is 13.1 Å². The number of anilines is 1. The van der Waals surface area contributed by atoms with Crippen LogP contribution in [0.25, 0.3) is 0 Å². The Bertz CT molecular complexity index is 736. The Kier molecular flexibility index (Phi) is 5.42. The Labute approximate surface area is 147 Å². The molecule has 0 aromatic carbocycles. The topological polar surface area (TPSA) is 101 Å². The number of hydrogen-bond acceptors (Lipinski definition) is 5. The molecule has 0 atom stereocenters. The van der Waals surface area contributed by atoms with Crippen LogP contribution in [0.5, 0.6) is 0 Å². The van der Waals surface area contributed by atoms with Crippen LogP contribution in [0.2, 0.25) is 0 Å².